The fourth-order valence-electron chi connectivity index (χ4n) is 2.65. The van der Waals surface area contributed by atoms with Crippen LogP contribution in [0.3, 0.4) is 0 Å². The first-order valence-corrected chi connectivity index (χ1v) is 6.30. The molecule has 1 heteroatoms. The maximum absolute atomic E-state index is 2.41. The van der Waals surface area contributed by atoms with Crippen LogP contribution in [0.2, 0.25) is 0 Å². The fourth-order valence-corrected chi connectivity index (χ4v) is 4.47. The second-order valence-electron chi connectivity index (χ2n) is 4.07. The van der Waals surface area contributed by atoms with Crippen molar-refractivity contribution in [1.29, 1.82) is 0 Å². The normalized spacial score (nSPS) is 42.0. The van der Waals surface area contributed by atoms with Gasteiger partial charge < -0.3 is 0 Å². The lowest BCUT2D eigenvalue weighted by Gasteiger charge is -2.21. The van der Waals surface area contributed by atoms with Gasteiger partial charge >= 0.3 is 0 Å². The van der Waals surface area contributed by atoms with E-state index in [4.69, 9.17) is 0 Å². The van der Waals surface area contributed by atoms with Crippen molar-refractivity contribution in [2.75, 3.05) is 0 Å². The minimum absolute atomic E-state index is 0.904. The van der Waals surface area contributed by atoms with Gasteiger partial charge in [0.15, 0.2) is 0 Å². The third-order valence-corrected chi connectivity index (χ3v) is 4.84. The molecule has 1 saturated heterocycles. The van der Waals surface area contributed by atoms with Gasteiger partial charge in [-0.05, 0) is 18.3 Å². The monoisotopic (exact) mass is 186 g/mol. The maximum atomic E-state index is 2.41. The maximum Gasteiger partial charge on any atom is 0.00528 e. The van der Waals surface area contributed by atoms with Gasteiger partial charge in [-0.3, -0.25) is 0 Å². The number of thioether (sulfide) groups is 1. The summed E-state index contributed by atoms with van der Waals surface area (Å²) < 4.78 is 0. The largest absolute Gasteiger partial charge is 0.155 e. The average molecular weight is 186 g/mol. The number of hydrogen-bond donors (Lipinski definition) is 0. The van der Waals surface area contributed by atoms with Crippen LogP contribution in [0.15, 0.2) is 0 Å². The third-order valence-electron chi connectivity index (χ3n) is 3.28. The summed E-state index contributed by atoms with van der Waals surface area (Å²) in [4.78, 5) is 0. The third kappa shape index (κ3) is 1.99. The molecule has 0 aromatic carbocycles. The molecule has 4 unspecified atom stereocenters. The van der Waals surface area contributed by atoms with Crippen LogP contribution < -0.4 is 0 Å². The van der Waals surface area contributed by atoms with Gasteiger partial charge in [0.05, 0.1) is 0 Å². The van der Waals surface area contributed by atoms with E-state index in [0.29, 0.717) is 0 Å². The van der Waals surface area contributed by atoms with Crippen molar-refractivity contribution in [2.24, 2.45) is 11.8 Å². The molecule has 0 aromatic heterocycles. The standard InChI is InChI=1S/C11H22S/c1-5-7-11-9(4)12-8(3)10(11)6-2/h8-11H,5-7H2,1-4H3. The Morgan fingerprint density at radius 2 is 1.58 bits per heavy atom. The lowest BCUT2D eigenvalue weighted by Crippen LogP contribution is -2.18. The van der Waals surface area contributed by atoms with Gasteiger partial charge in [-0.2, -0.15) is 11.8 Å². The van der Waals surface area contributed by atoms with E-state index in [2.05, 4.69) is 39.5 Å². The summed E-state index contributed by atoms with van der Waals surface area (Å²) in [5.74, 6) is 1.99. The van der Waals surface area contributed by atoms with Gasteiger partial charge in [0, 0.05) is 10.5 Å². The van der Waals surface area contributed by atoms with E-state index in [1.807, 2.05) is 0 Å². The second kappa shape index (κ2) is 4.55. The molecule has 1 aliphatic heterocycles. The van der Waals surface area contributed by atoms with Gasteiger partial charge in [-0.15, -0.1) is 0 Å². The van der Waals surface area contributed by atoms with Crippen LogP contribution in [0, 0.1) is 11.8 Å². The smallest absolute Gasteiger partial charge is 0.00528 e. The molecule has 0 N–H and O–H groups in total. The van der Waals surface area contributed by atoms with Gasteiger partial charge in [-0.25, -0.2) is 0 Å². The van der Waals surface area contributed by atoms with Crippen LogP contribution in [-0.4, -0.2) is 10.5 Å². The highest BCUT2D eigenvalue weighted by Gasteiger charge is 2.37. The fraction of sp³-hybridized carbons (Fsp3) is 1.00. The van der Waals surface area contributed by atoms with Crippen molar-refractivity contribution in [3.63, 3.8) is 0 Å². The van der Waals surface area contributed by atoms with Crippen LogP contribution in [0.25, 0.3) is 0 Å². The molecule has 0 radical (unpaired) electrons. The summed E-state index contributed by atoms with van der Waals surface area (Å²) in [7, 11) is 0. The summed E-state index contributed by atoms with van der Waals surface area (Å²) in [6, 6.07) is 0. The molecule has 72 valence electrons. The minimum atomic E-state index is 0.904. The zero-order chi connectivity index (χ0) is 9.14. The molecule has 0 aliphatic carbocycles. The Morgan fingerprint density at radius 3 is 2.08 bits per heavy atom. The van der Waals surface area contributed by atoms with Crippen molar-refractivity contribution in [3.05, 3.63) is 0 Å². The molecule has 0 nitrogen and oxygen atoms in total. The first-order valence-electron chi connectivity index (χ1n) is 5.36. The lowest BCUT2D eigenvalue weighted by molar-refractivity contribution is 0.321. The first-order chi connectivity index (χ1) is 5.70. The Hall–Kier alpha value is 0.350. The van der Waals surface area contributed by atoms with Crippen LogP contribution in [0.1, 0.15) is 47.0 Å². The highest BCUT2D eigenvalue weighted by atomic mass is 32.2. The average Bonchev–Trinajstić information content (AvgIpc) is 2.28. The highest BCUT2D eigenvalue weighted by molar-refractivity contribution is 8.00. The molecule has 0 spiro atoms. The van der Waals surface area contributed by atoms with E-state index in [1.165, 1.54) is 19.3 Å². The minimum Gasteiger partial charge on any atom is -0.155 e. The van der Waals surface area contributed by atoms with Gasteiger partial charge in [0.2, 0.25) is 0 Å². The molecule has 1 rings (SSSR count). The Morgan fingerprint density at radius 1 is 1.00 bits per heavy atom. The van der Waals surface area contributed by atoms with Crippen molar-refractivity contribution in [3.8, 4) is 0 Å². The van der Waals surface area contributed by atoms with Crippen LogP contribution >= 0.6 is 11.8 Å². The summed E-state index contributed by atoms with van der Waals surface area (Å²) in [5.41, 5.74) is 0. The topological polar surface area (TPSA) is 0 Å². The van der Waals surface area contributed by atoms with Crippen LogP contribution in [0.5, 0.6) is 0 Å². The van der Waals surface area contributed by atoms with E-state index in [9.17, 15) is 0 Å². The zero-order valence-corrected chi connectivity index (χ0v) is 9.66. The summed E-state index contributed by atoms with van der Waals surface area (Å²) in [6.07, 6.45) is 4.18. The molecule has 12 heavy (non-hydrogen) atoms. The van der Waals surface area contributed by atoms with Crippen molar-refractivity contribution >= 4 is 11.8 Å². The second-order valence-corrected chi connectivity index (χ2v) is 5.83. The molecular formula is C11H22S. The van der Waals surface area contributed by atoms with Crippen molar-refractivity contribution in [1.82, 2.24) is 0 Å². The van der Waals surface area contributed by atoms with E-state index in [-0.39, 0.29) is 0 Å². The van der Waals surface area contributed by atoms with Gasteiger partial charge in [0.25, 0.3) is 0 Å². The van der Waals surface area contributed by atoms with Crippen molar-refractivity contribution in [2.45, 2.75) is 57.5 Å². The molecule has 1 fully saturated rings. The molecular weight excluding hydrogens is 164 g/mol. The van der Waals surface area contributed by atoms with Crippen LogP contribution in [-0.2, 0) is 0 Å². The molecule has 4 atom stereocenters. The number of rotatable bonds is 3. The first kappa shape index (κ1) is 10.4. The quantitative estimate of drug-likeness (QED) is 0.643. The molecule has 1 aliphatic rings. The predicted octanol–water partition coefficient (Wildman–Crippen LogP) is 3.95. The lowest BCUT2D eigenvalue weighted by atomic mass is 9.83. The Bertz CT molecular complexity index is 133. The molecule has 0 aromatic rings. The highest BCUT2D eigenvalue weighted by Crippen LogP contribution is 2.46. The number of hydrogen-bond acceptors (Lipinski definition) is 1. The van der Waals surface area contributed by atoms with E-state index >= 15 is 0 Å². The molecule has 0 saturated carbocycles. The molecule has 0 amide bonds. The predicted molar refractivity (Wildman–Crippen MR) is 58.7 cm³/mol. The Balaban J connectivity index is 2.55. The SMILES string of the molecule is CCCC1C(C)SC(C)C1CC. The zero-order valence-electron chi connectivity index (χ0n) is 8.84. The Labute approximate surface area is 81.5 Å². The Kier molecular flexibility index (Phi) is 3.95. The summed E-state index contributed by atoms with van der Waals surface area (Å²) in [6.45, 7) is 9.48. The van der Waals surface area contributed by atoms with Gasteiger partial charge in [0.1, 0.15) is 0 Å². The molecule has 1 heterocycles. The molecule has 0 bridgehead atoms. The van der Waals surface area contributed by atoms with Crippen molar-refractivity contribution < 1.29 is 0 Å². The summed E-state index contributed by atoms with van der Waals surface area (Å²) in [5, 5.41) is 1.81. The van der Waals surface area contributed by atoms with Crippen LogP contribution in [0.4, 0.5) is 0 Å². The van der Waals surface area contributed by atoms with E-state index in [1.54, 1.807) is 0 Å². The van der Waals surface area contributed by atoms with E-state index in [0.717, 1.165) is 22.3 Å². The van der Waals surface area contributed by atoms with Gasteiger partial charge in [-0.1, -0.05) is 40.5 Å². The summed E-state index contributed by atoms with van der Waals surface area (Å²) >= 11 is 2.20. The van der Waals surface area contributed by atoms with E-state index < -0.39 is 0 Å².